The molecule has 1 aliphatic rings. The number of amides is 2. The number of nitrogens with zero attached hydrogens (tertiary/aromatic N) is 2. The third-order valence-corrected chi connectivity index (χ3v) is 7.10. The molecule has 1 heterocycles. The predicted molar refractivity (Wildman–Crippen MR) is 148 cm³/mol. The Labute approximate surface area is 222 Å². The van der Waals surface area contributed by atoms with Gasteiger partial charge in [0.15, 0.2) is 0 Å². The van der Waals surface area contributed by atoms with E-state index in [0.29, 0.717) is 43.2 Å². The molecule has 2 amide bonds. The molecule has 37 heavy (non-hydrogen) atoms. The van der Waals surface area contributed by atoms with Crippen LogP contribution in [0.1, 0.15) is 75.2 Å². The summed E-state index contributed by atoms with van der Waals surface area (Å²) in [4.78, 5) is 30.9. The molecule has 0 fully saturated rings. The van der Waals surface area contributed by atoms with Crippen LogP contribution in [0, 0.1) is 5.92 Å². The first-order valence-corrected chi connectivity index (χ1v) is 13.9. The minimum Gasteiger partial charge on any atom is -0.496 e. The molecular formula is C31H44N2O4. The maximum absolute atomic E-state index is 13.7. The molecule has 0 bridgehead atoms. The van der Waals surface area contributed by atoms with E-state index in [1.807, 2.05) is 65.3 Å². The molecule has 1 aliphatic heterocycles. The molecule has 0 saturated carbocycles. The number of carbonyl (C=O) groups is 2. The van der Waals surface area contributed by atoms with Crippen molar-refractivity contribution in [1.82, 2.24) is 9.80 Å². The van der Waals surface area contributed by atoms with Gasteiger partial charge in [0.25, 0.3) is 5.91 Å². The summed E-state index contributed by atoms with van der Waals surface area (Å²) < 4.78 is 11.8. The number of carbonyl (C=O) groups excluding carboxylic acids is 2. The summed E-state index contributed by atoms with van der Waals surface area (Å²) in [5.74, 6) is 1.98. The van der Waals surface area contributed by atoms with Crippen molar-refractivity contribution >= 4 is 11.8 Å². The summed E-state index contributed by atoms with van der Waals surface area (Å²) in [6, 6.07) is 15.3. The molecule has 0 saturated heterocycles. The first-order chi connectivity index (χ1) is 17.9. The van der Waals surface area contributed by atoms with E-state index < -0.39 is 0 Å². The highest BCUT2D eigenvalue weighted by Crippen LogP contribution is 2.24. The first kappa shape index (κ1) is 28.5. The maximum atomic E-state index is 13.7. The normalized spacial score (nSPS) is 17.6. The summed E-state index contributed by atoms with van der Waals surface area (Å²) >= 11 is 0. The predicted octanol–water partition coefficient (Wildman–Crippen LogP) is 5.99. The fourth-order valence-electron chi connectivity index (χ4n) is 5.10. The maximum Gasteiger partial charge on any atom is 0.257 e. The smallest absolute Gasteiger partial charge is 0.257 e. The number of hydrogen-bond acceptors (Lipinski definition) is 4. The minimum absolute atomic E-state index is 0.0142. The van der Waals surface area contributed by atoms with Crippen LogP contribution in [-0.4, -0.2) is 61.0 Å². The van der Waals surface area contributed by atoms with E-state index in [9.17, 15) is 9.59 Å². The van der Waals surface area contributed by atoms with Crippen molar-refractivity contribution in [2.45, 2.75) is 71.8 Å². The first-order valence-electron chi connectivity index (χ1n) is 13.9. The van der Waals surface area contributed by atoms with Crippen molar-refractivity contribution in [3.05, 3.63) is 59.7 Å². The van der Waals surface area contributed by atoms with Gasteiger partial charge in [0, 0.05) is 26.1 Å². The lowest BCUT2D eigenvalue weighted by molar-refractivity contribution is -0.134. The third kappa shape index (κ3) is 8.24. The van der Waals surface area contributed by atoms with Gasteiger partial charge in [-0.1, -0.05) is 57.0 Å². The quantitative estimate of drug-likeness (QED) is 0.461. The summed E-state index contributed by atoms with van der Waals surface area (Å²) in [6.07, 6.45) is 5.89. The van der Waals surface area contributed by atoms with Gasteiger partial charge in [-0.3, -0.25) is 9.59 Å². The van der Waals surface area contributed by atoms with E-state index in [4.69, 9.17) is 9.47 Å². The molecule has 3 rings (SSSR count). The lowest BCUT2D eigenvalue weighted by Gasteiger charge is -2.34. The van der Waals surface area contributed by atoms with E-state index in [1.54, 1.807) is 7.11 Å². The Morgan fingerprint density at radius 1 is 1.03 bits per heavy atom. The Hall–Kier alpha value is -3.02. The second kappa shape index (κ2) is 14.7. The molecule has 1 atom stereocenters. The van der Waals surface area contributed by atoms with Crippen molar-refractivity contribution in [1.29, 1.82) is 0 Å². The number of hydrogen-bond donors (Lipinski definition) is 0. The van der Waals surface area contributed by atoms with E-state index in [0.717, 1.165) is 56.5 Å². The van der Waals surface area contributed by atoms with Gasteiger partial charge in [0.1, 0.15) is 18.1 Å². The number of benzene rings is 2. The van der Waals surface area contributed by atoms with E-state index in [-0.39, 0.29) is 17.9 Å². The summed E-state index contributed by atoms with van der Waals surface area (Å²) in [5, 5.41) is 0. The van der Waals surface area contributed by atoms with Crippen LogP contribution in [0.2, 0.25) is 0 Å². The SMILES string of the molecule is CCN1CCCCCCN(C(=O)CCc2ccccc2OC)[C@@H](CC(C)C)COc2ccccc2C1=O. The summed E-state index contributed by atoms with van der Waals surface area (Å²) in [6.45, 7) is 8.90. The number of methoxy groups -OCH3 is 1. The fraction of sp³-hybridized carbons (Fsp3) is 0.548. The van der Waals surface area contributed by atoms with E-state index in [1.165, 1.54) is 0 Å². The van der Waals surface area contributed by atoms with Crippen LogP contribution in [-0.2, 0) is 11.2 Å². The van der Waals surface area contributed by atoms with Crippen molar-refractivity contribution in [3.8, 4) is 11.5 Å². The molecule has 0 aliphatic carbocycles. The largest absolute Gasteiger partial charge is 0.496 e. The van der Waals surface area contributed by atoms with Crippen molar-refractivity contribution in [2.75, 3.05) is 33.4 Å². The molecule has 0 spiro atoms. The second-order valence-corrected chi connectivity index (χ2v) is 10.3. The third-order valence-electron chi connectivity index (χ3n) is 7.10. The molecular weight excluding hydrogens is 464 g/mol. The van der Waals surface area contributed by atoms with Gasteiger partial charge in [-0.15, -0.1) is 0 Å². The number of para-hydroxylation sites is 2. The van der Waals surface area contributed by atoms with Gasteiger partial charge in [-0.05, 0) is 62.3 Å². The number of aryl methyl sites for hydroxylation is 1. The summed E-state index contributed by atoms with van der Waals surface area (Å²) in [5.41, 5.74) is 1.64. The van der Waals surface area contributed by atoms with E-state index >= 15 is 0 Å². The molecule has 2 aromatic carbocycles. The van der Waals surface area contributed by atoms with Crippen LogP contribution in [0.3, 0.4) is 0 Å². The van der Waals surface area contributed by atoms with Gasteiger partial charge in [0.2, 0.25) is 5.91 Å². The Bertz CT molecular complexity index is 1010. The number of rotatable bonds is 7. The molecule has 6 heteroatoms. The standard InChI is InChI=1S/C31H44N2O4/c1-5-32-20-12-6-7-13-21-33(30(34)19-18-25-14-8-10-16-28(25)36-4)26(22-24(2)3)23-37-29-17-11-9-15-27(29)31(32)35/h8-11,14-17,24,26H,5-7,12-13,18-23H2,1-4H3/t26-/m0/s1. The average molecular weight is 509 g/mol. The Kier molecular flexibility index (Phi) is 11.3. The number of fused-ring (bicyclic) bond motifs is 1. The van der Waals surface area contributed by atoms with Crippen LogP contribution < -0.4 is 9.47 Å². The Balaban J connectivity index is 1.84. The van der Waals surface area contributed by atoms with Crippen molar-refractivity contribution in [3.63, 3.8) is 0 Å². The van der Waals surface area contributed by atoms with Crippen LogP contribution in [0.5, 0.6) is 11.5 Å². The lowest BCUT2D eigenvalue weighted by Crippen LogP contribution is -2.45. The minimum atomic E-state index is -0.0569. The van der Waals surface area contributed by atoms with Crippen LogP contribution in [0.4, 0.5) is 0 Å². The van der Waals surface area contributed by atoms with E-state index in [2.05, 4.69) is 13.8 Å². The highest BCUT2D eigenvalue weighted by atomic mass is 16.5. The molecule has 202 valence electrons. The molecule has 0 unspecified atom stereocenters. The van der Waals surface area contributed by atoms with Crippen molar-refractivity contribution < 1.29 is 19.1 Å². The zero-order valence-electron chi connectivity index (χ0n) is 23.1. The number of ether oxygens (including phenoxy) is 2. The second-order valence-electron chi connectivity index (χ2n) is 10.3. The molecule has 0 N–H and O–H groups in total. The summed E-state index contributed by atoms with van der Waals surface area (Å²) in [7, 11) is 1.67. The van der Waals surface area contributed by atoms with Gasteiger partial charge in [-0.25, -0.2) is 0 Å². The zero-order chi connectivity index (χ0) is 26.6. The van der Waals surface area contributed by atoms with Crippen LogP contribution >= 0.6 is 0 Å². The monoisotopic (exact) mass is 508 g/mol. The zero-order valence-corrected chi connectivity index (χ0v) is 23.1. The molecule has 0 radical (unpaired) electrons. The average Bonchev–Trinajstić information content (AvgIpc) is 2.91. The van der Waals surface area contributed by atoms with Crippen LogP contribution in [0.25, 0.3) is 0 Å². The lowest BCUT2D eigenvalue weighted by atomic mass is 10.0. The van der Waals surface area contributed by atoms with Crippen molar-refractivity contribution in [2.24, 2.45) is 5.92 Å². The van der Waals surface area contributed by atoms with Gasteiger partial charge in [-0.2, -0.15) is 0 Å². The van der Waals surface area contributed by atoms with Gasteiger partial charge < -0.3 is 19.3 Å². The topological polar surface area (TPSA) is 59.1 Å². The molecule has 2 aromatic rings. The molecule has 0 aromatic heterocycles. The van der Waals surface area contributed by atoms with Crippen LogP contribution in [0.15, 0.2) is 48.5 Å². The molecule has 6 nitrogen and oxygen atoms in total. The highest BCUT2D eigenvalue weighted by Gasteiger charge is 2.27. The highest BCUT2D eigenvalue weighted by molar-refractivity contribution is 5.96. The van der Waals surface area contributed by atoms with Gasteiger partial charge >= 0.3 is 0 Å². The van der Waals surface area contributed by atoms with Gasteiger partial charge in [0.05, 0.1) is 18.7 Å². The Morgan fingerprint density at radius 3 is 2.46 bits per heavy atom. The fourth-order valence-corrected chi connectivity index (χ4v) is 5.10. The Morgan fingerprint density at radius 2 is 1.73 bits per heavy atom.